The van der Waals surface area contributed by atoms with Crippen molar-refractivity contribution in [3.63, 3.8) is 0 Å². The third-order valence-electron chi connectivity index (χ3n) is 1.10. The van der Waals surface area contributed by atoms with Gasteiger partial charge in [0.1, 0.15) is 0 Å². The summed E-state index contributed by atoms with van der Waals surface area (Å²) in [6, 6.07) is 0. The maximum atomic E-state index is 10.2. The van der Waals surface area contributed by atoms with Gasteiger partial charge in [-0.25, -0.2) is 4.79 Å². The van der Waals surface area contributed by atoms with Gasteiger partial charge < -0.3 is 5.11 Å². The highest BCUT2D eigenvalue weighted by molar-refractivity contribution is 5.79. The first-order valence-corrected chi connectivity index (χ1v) is 2.93. The molecule has 0 aliphatic carbocycles. The molecule has 0 saturated carbocycles. The molecule has 0 bridgehead atoms. The molecule has 0 unspecified atom stereocenters. The van der Waals surface area contributed by atoms with Crippen molar-refractivity contribution in [2.45, 2.75) is 19.4 Å². The van der Waals surface area contributed by atoms with Crippen molar-refractivity contribution in [3.05, 3.63) is 22.3 Å². The van der Waals surface area contributed by atoms with Gasteiger partial charge in [0.05, 0.1) is 0 Å². The molecule has 0 aromatic carbocycles. The fourth-order valence-corrected chi connectivity index (χ4v) is 0.336. The van der Waals surface area contributed by atoms with Gasteiger partial charge in [-0.2, -0.15) is 0 Å². The van der Waals surface area contributed by atoms with Gasteiger partial charge in [0.2, 0.25) is 5.54 Å². The first kappa shape index (κ1) is 9.61. The smallest absolute Gasteiger partial charge is 0.328 e. The van der Waals surface area contributed by atoms with Gasteiger partial charge in [-0.3, -0.25) is 10.1 Å². The lowest BCUT2D eigenvalue weighted by molar-refractivity contribution is -0.545. The Balaban J connectivity index is 4.35. The normalized spacial score (nSPS) is 11.8. The quantitative estimate of drug-likeness (QED) is 0.373. The van der Waals surface area contributed by atoms with E-state index in [2.05, 4.69) is 0 Å². The first-order chi connectivity index (χ1) is 4.86. The van der Waals surface area contributed by atoms with Crippen LogP contribution in [0.3, 0.4) is 0 Å². The number of carboxylic acid groups (broad SMARTS) is 1. The Kier molecular flexibility index (Phi) is 2.74. The highest BCUT2D eigenvalue weighted by Gasteiger charge is 2.26. The van der Waals surface area contributed by atoms with Gasteiger partial charge in [0, 0.05) is 24.8 Å². The van der Waals surface area contributed by atoms with Gasteiger partial charge in [-0.15, -0.1) is 0 Å². The van der Waals surface area contributed by atoms with E-state index in [1.54, 1.807) is 0 Å². The highest BCUT2D eigenvalue weighted by Crippen LogP contribution is 2.08. The average molecular weight is 159 g/mol. The van der Waals surface area contributed by atoms with Gasteiger partial charge in [-0.05, 0) is 6.08 Å². The van der Waals surface area contributed by atoms with Gasteiger partial charge in [-0.1, -0.05) is 0 Å². The zero-order valence-corrected chi connectivity index (χ0v) is 6.27. The number of hydrogen-bond donors (Lipinski definition) is 1. The third kappa shape index (κ3) is 3.34. The molecule has 0 aromatic heterocycles. The summed E-state index contributed by atoms with van der Waals surface area (Å²) in [4.78, 5) is 19.6. The lowest BCUT2D eigenvalue weighted by Crippen LogP contribution is -2.28. The fourth-order valence-electron chi connectivity index (χ4n) is 0.336. The second-order valence-electron chi connectivity index (χ2n) is 2.58. The fraction of sp³-hybridized carbons (Fsp3) is 0.500. The molecule has 5 nitrogen and oxygen atoms in total. The van der Waals surface area contributed by atoms with Crippen LogP contribution in [0.15, 0.2) is 12.2 Å². The molecule has 1 N–H and O–H groups in total. The average Bonchev–Trinajstić information content (AvgIpc) is 1.84. The van der Waals surface area contributed by atoms with Gasteiger partial charge in [0.25, 0.3) is 0 Å². The van der Waals surface area contributed by atoms with Crippen molar-refractivity contribution in [2.24, 2.45) is 0 Å². The van der Waals surface area contributed by atoms with Gasteiger partial charge >= 0.3 is 5.97 Å². The number of carbonyl (C=O) groups is 1. The van der Waals surface area contributed by atoms with E-state index >= 15 is 0 Å². The largest absolute Gasteiger partial charge is 0.478 e. The molecule has 0 fully saturated rings. The van der Waals surface area contributed by atoms with E-state index < -0.39 is 16.4 Å². The summed E-state index contributed by atoms with van der Waals surface area (Å²) in [5, 5.41) is 18.3. The van der Waals surface area contributed by atoms with E-state index in [0.717, 1.165) is 12.2 Å². The number of aliphatic carboxylic acids is 1. The summed E-state index contributed by atoms with van der Waals surface area (Å²) in [5.41, 5.74) is -1.31. The molecule has 0 atom stereocenters. The van der Waals surface area contributed by atoms with E-state index in [0.29, 0.717) is 0 Å². The predicted octanol–water partition coefficient (Wildman–Crippen LogP) is 0.682. The number of rotatable bonds is 3. The second-order valence-corrected chi connectivity index (χ2v) is 2.58. The van der Waals surface area contributed by atoms with Crippen molar-refractivity contribution in [3.8, 4) is 0 Å². The molecule has 0 amide bonds. The minimum absolute atomic E-state index is 0.549. The highest BCUT2D eigenvalue weighted by atomic mass is 16.6. The van der Waals surface area contributed by atoms with Crippen molar-refractivity contribution in [2.75, 3.05) is 0 Å². The van der Waals surface area contributed by atoms with E-state index in [1.807, 2.05) is 0 Å². The monoisotopic (exact) mass is 159 g/mol. The Labute approximate surface area is 63.5 Å². The van der Waals surface area contributed by atoms with E-state index in [9.17, 15) is 14.9 Å². The molecule has 0 rings (SSSR count). The molecule has 0 saturated heterocycles. The van der Waals surface area contributed by atoms with Crippen LogP contribution >= 0.6 is 0 Å². The lowest BCUT2D eigenvalue weighted by atomic mass is 10.1. The maximum absolute atomic E-state index is 10.2. The summed E-state index contributed by atoms with van der Waals surface area (Å²) < 4.78 is 0. The van der Waals surface area contributed by atoms with E-state index in [1.165, 1.54) is 13.8 Å². The van der Waals surface area contributed by atoms with Crippen LogP contribution in [0.25, 0.3) is 0 Å². The molecule has 62 valence electrons. The van der Waals surface area contributed by atoms with Crippen LogP contribution in [0.5, 0.6) is 0 Å². The minimum atomic E-state index is -1.31. The van der Waals surface area contributed by atoms with Crippen molar-refractivity contribution >= 4 is 5.97 Å². The van der Waals surface area contributed by atoms with Crippen molar-refractivity contribution in [1.29, 1.82) is 0 Å². The Morgan fingerprint density at radius 1 is 1.64 bits per heavy atom. The lowest BCUT2D eigenvalue weighted by Gasteiger charge is -2.08. The second kappa shape index (κ2) is 3.14. The number of hydrogen-bond acceptors (Lipinski definition) is 3. The topological polar surface area (TPSA) is 80.4 Å². The summed E-state index contributed by atoms with van der Waals surface area (Å²) in [7, 11) is 0. The Morgan fingerprint density at radius 2 is 2.09 bits per heavy atom. The molecule has 0 aliphatic heterocycles. The molecule has 0 aromatic rings. The zero-order valence-electron chi connectivity index (χ0n) is 6.27. The van der Waals surface area contributed by atoms with Crippen LogP contribution in [0.4, 0.5) is 0 Å². The molecule has 0 aliphatic rings. The van der Waals surface area contributed by atoms with Crippen LogP contribution in [0.1, 0.15) is 13.8 Å². The van der Waals surface area contributed by atoms with Crippen LogP contribution in [-0.4, -0.2) is 21.5 Å². The Hall–Kier alpha value is -1.39. The predicted molar refractivity (Wildman–Crippen MR) is 37.8 cm³/mol. The van der Waals surface area contributed by atoms with Crippen LogP contribution in [0.2, 0.25) is 0 Å². The van der Waals surface area contributed by atoms with Crippen LogP contribution in [0, 0.1) is 10.1 Å². The Morgan fingerprint density at radius 3 is 2.36 bits per heavy atom. The maximum Gasteiger partial charge on any atom is 0.328 e. The summed E-state index contributed by atoms with van der Waals surface area (Å²) in [5.74, 6) is -1.18. The number of carboxylic acids is 1. The minimum Gasteiger partial charge on any atom is -0.478 e. The molecule has 0 radical (unpaired) electrons. The summed E-state index contributed by atoms with van der Waals surface area (Å²) >= 11 is 0. The number of nitrogens with zero attached hydrogens (tertiary/aromatic N) is 1. The molecule has 0 spiro atoms. The van der Waals surface area contributed by atoms with Crippen LogP contribution < -0.4 is 0 Å². The van der Waals surface area contributed by atoms with E-state index in [4.69, 9.17) is 5.11 Å². The molecule has 0 heterocycles. The molecule has 5 heteroatoms. The molecular formula is C6H9NO4. The van der Waals surface area contributed by atoms with E-state index in [-0.39, 0.29) is 0 Å². The third-order valence-corrected chi connectivity index (χ3v) is 1.10. The van der Waals surface area contributed by atoms with Crippen molar-refractivity contribution < 1.29 is 14.8 Å². The Bertz CT molecular complexity index is 207. The zero-order chi connectivity index (χ0) is 9.07. The summed E-state index contributed by atoms with van der Waals surface area (Å²) in [6.07, 6.45) is 1.80. The SMILES string of the molecule is CC(C)(C=CC(=O)O)[N+](=O)[O-]. The summed E-state index contributed by atoms with van der Waals surface area (Å²) in [6.45, 7) is 2.65. The number of nitro groups is 1. The molecule has 11 heavy (non-hydrogen) atoms. The van der Waals surface area contributed by atoms with Crippen molar-refractivity contribution in [1.82, 2.24) is 0 Å². The van der Waals surface area contributed by atoms with Crippen LogP contribution in [-0.2, 0) is 4.79 Å². The standard InChI is InChI=1S/C6H9NO4/c1-6(2,7(10)11)4-3-5(8)9/h3-4H,1-2H3,(H,8,9). The van der Waals surface area contributed by atoms with Gasteiger partial charge in [0.15, 0.2) is 0 Å². The molecular weight excluding hydrogens is 150 g/mol. The first-order valence-electron chi connectivity index (χ1n) is 2.93.